The Balaban J connectivity index is 1.85. The molecule has 0 amide bonds. The maximum Gasteiger partial charge on any atom is 0.320 e. The molecule has 0 bridgehead atoms. The van der Waals surface area contributed by atoms with Gasteiger partial charge < -0.3 is 23.7 Å². The summed E-state index contributed by atoms with van der Waals surface area (Å²) in [5.74, 6) is -0.310. The summed E-state index contributed by atoms with van der Waals surface area (Å²) in [6.45, 7) is 13.3. The second-order valence-electron chi connectivity index (χ2n) is 7.96. The minimum atomic E-state index is -0.671. The van der Waals surface area contributed by atoms with Crippen LogP contribution in [0.15, 0.2) is 0 Å². The van der Waals surface area contributed by atoms with Gasteiger partial charge in [0.05, 0.1) is 25.4 Å². The highest BCUT2D eigenvalue weighted by atomic mass is 16.7. The molecule has 1 N–H and O–H groups in total. The molecule has 7 nitrogen and oxygen atoms in total. The van der Waals surface area contributed by atoms with Crippen molar-refractivity contribution in [3.05, 3.63) is 0 Å². The quantitative estimate of drug-likeness (QED) is 0.578. The molecule has 158 valence electrons. The summed E-state index contributed by atoms with van der Waals surface area (Å²) in [5.41, 5.74) is -0.622. The number of fused-ring (bicyclic) bond motifs is 1. The fourth-order valence-corrected chi connectivity index (χ4v) is 3.19. The summed E-state index contributed by atoms with van der Waals surface area (Å²) in [6.07, 6.45) is 2.25. The zero-order valence-electron chi connectivity index (χ0n) is 17.7. The molecule has 4 atom stereocenters. The number of carbonyl (C=O) groups is 1. The van der Waals surface area contributed by atoms with Gasteiger partial charge in [-0.05, 0) is 39.5 Å². The van der Waals surface area contributed by atoms with Gasteiger partial charge in [-0.2, -0.15) is 0 Å². The highest BCUT2D eigenvalue weighted by Crippen LogP contribution is 2.31. The maximum atomic E-state index is 12.1. The molecule has 2 aliphatic rings. The molecule has 0 aromatic rings. The molecule has 2 rings (SSSR count). The lowest BCUT2D eigenvalue weighted by molar-refractivity contribution is -0.267. The monoisotopic (exact) mass is 387 g/mol. The minimum absolute atomic E-state index is 0.0334. The van der Waals surface area contributed by atoms with Gasteiger partial charge >= 0.3 is 5.97 Å². The van der Waals surface area contributed by atoms with Gasteiger partial charge in [0.25, 0.3) is 0 Å². The number of nitrogens with one attached hydrogen (secondary N) is 1. The molecule has 4 unspecified atom stereocenters. The van der Waals surface area contributed by atoms with E-state index in [0.717, 1.165) is 25.7 Å². The summed E-state index contributed by atoms with van der Waals surface area (Å²) >= 11 is 0. The molecule has 0 aromatic carbocycles. The fourth-order valence-electron chi connectivity index (χ4n) is 3.19. The van der Waals surface area contributed by atoms with Gasteiger partial charge in [0.15, 0.2) is 0 Å². The van der Waals surface area contributed by atoms with E-state index in [0.29, 0.717) is 13.2 Å². The molecule has 0 radical (unpaired) electrons. The van der Waals surface area contributed by atoms with E-state index in [4.69, 9.17) is 23.7 Å². The van der Waals surface area contributed by atoms with Crippen LogP contribution in [-0.2, 0) is 28.5 Å². The van der Waals surface area contributed by atoms with E-state index in [1.165, 1.54) is 0 Å². The molecule has 2 aliphatic heterocycles. The SMILES string of the molecule is CCC(C)(CC)OC(=O)CNC1OCC2OCC(OC(C)(CC)CC)C2O1. The van der Waals surface area contributed by atoms with Crippen LogP contribution >= 0.6 is 0 Å². The Morgan fingerprint density at radius 1 is 1.00 bits per heavy atom. The van der Waals surface area contributed by atoms with Gasteiger partial charge in [0, 0.05) is 0 Å². The lowest BCUT2D eigenvalue weighted by Gasteiger charge is -2.37. The van der Waals surface area contributed by atoms with Crippen molar-refractivity contribution in [1.29, 1.82) is 0 Å². The summed E-state index contributed by atoms with van der Waals surface area (Å²) in [4.78, 5) is 12.1. The average molecular weight is 388 g/mol. The molecular formula is C20H37NO6. The number of hydrogen-bond acceptors (Lipinski definition) is 7. The van der Waals surface area contributed by atoms with Gasteiger partial charge in [-0.25, -0.2) is 0 Å². The topological polar surface area (TPSA) is 75.3 Å². The Kier molecular flexibility index (Phi) is 8.06. The largest absolute Gasteiger partial charge is 0.458 e. The average Bonchev–Trinajstić information content (AvgIpc) is 3.08. The van der Waals surface area contributed by atoms with Gasteiger partial charge in [-0.3, -0.25) is 10.1 Å². The second kappa shape index (κ2) is 9.65. The molecule has 0 spiro atoms. The Bertz CT molecular complexity index is 477. The summed E-state index contributed by atoms with van der Waals surface area (Å²) in [5, 5.41) is 2.99. The lowest BCUT2D eigenvalue weighted by atomic mass is 9.99. The standard InChI is InChI=1S/C20H37NO6/c1-7-19(5,8-2)26-15-13-23-14-12-24-18(25-17(14)15)21-11-16(22)27-20(6,9-3)10-4/h14-15,17-18,21H,7-13H2,1-6H3. The highest BCUT2D eigenvalue weighted by molar-refractivity contribution is 5.72. The number of hydrogen-bond donors (Lipinski definition) is 1. The van der Waals surface area contributed by atoms with Crippen LogP contribution in [0.4, 0.5) is 0 Å². The van der Waals surface area contributed by atoms with Crippen LogP contribution in [-0.4, -0.2) is 61.7 Å². The molecule has 0 saturated carbocycles. The fraction of sp³-hybridized carbons (Fsp3) is 0.950. The van der Waals surface area contributed by atoms with Gasteiger partial charge in [-0.1, -0.05) is 27.7 Å². The zero-order chi connectivity index (χ0) is 20.1. The van der Waals surface area contributed by atoms with Crippen molar-refractivity contribution in [3.8, 4) is 0 Å². The first kappa shape index (κ1) is 22.6. The molecular weight excluding hydrogens is 350 g/mol. The first-order chi connectivity index (χ1) is 12.8. The molecule has 2 heterocycles. The maximum absolute atomic E-state index is 12.1. The third-order valence-corrected chi connectivity index (χ3v) is 6.10. The van der Waals surface area contributed by atoms with Crippen LogP contribution in [0.5, 0.6) is 0 Å². The van der Waals surface area contributed by atoms with E-state index in [1.54, 1.807) is 0 Å². The highest BCUT2D eigenvalue weighted by Gasteiger charge is 2.46. The Morgan fingerprint density at radius 3 is 2.22 bits per heavy atom. The molecule has 7 heteroatoms. The van der Waals surface area contributed by atoms with E-state index in [9.17, 15) is 4.79 Å². The number of esters is 1. The Morgan fingerprint density at radius 2 is 1.63 bits per heavy atom. The predicted octanol–water partition coefficient (Wildman–Crippen LogP) is 2.76. The smallest absolute Gasteiger partial charge is 0.320 e. The summed E-state index contributed by atoms with van der Waals surface area (Å²) < 4.78 is 29.3. The van der Waals surface area contributed by atoms with Crippen LogP contribution in [0.1, 0.15) is 67.2 Å². The third kappa shape index (κ3) is 5.87. The van der Waals surface area contributed by atoms with Crippen molar-refractivity contribution in [2.24, 2.45) is 0 Å². The number of ether oxygens (including phenoxy) is 5. The normalized spacial score (nSPS) is 28.8. The molecule has 2 fully saturated rings. The summed E-state index contributed by atoms with van der Waals surface area (Å²) in [6, 6.07) is 0. The van der Waals surface area contributed by atoms with Crippen molar-refractivity contribution >= 4 is 5.97 Å². The Hall–Kier alpha value is -0.730. The third-order valence-electron chi connectivity index (χ3n) is 6.10. The van der Waals surface area contributed by atoms with E-state index < -0.39 is 12.0 Å². The summed E-state index contributed by atoms with van der Waals surface area (Å²) in [7, 11) is 0. The van der Waals surface area contributed by atoms with Gasteiger partial charge in [0.1, 0.15) is 23.9 Å². The number of rotatable bonds is 10. The predicted molar refractivity (Wildman–Crippen MR) is 101 cm³/mol. The van der Waals surface area contributed by atoms with E-state index in [1.807, 2.05) is 20.8 Å². The first-order valence-corrected chi connectivity index (χ1v) is 10.3. The van der Waals surface area contributed by atoms with Crippen molar-refractivity contribution in [2.75, 3.05) is 19.8 Å². The van der Waals surface area contributed by atoms with Gasteiger partial charge in [0.2, 0.25) is 6.41 Å². The van der Waals surface area contributed by atoms with Crippen LogP contribution in [0.25, 0.3) is 0 Å². The molecule has 27 heavy (non-hydrogen) atoms. The van der Waals surface area contributed by atoms with Gasteiger partial charge in [-0.15, -0.1) is 0 Å². The molecule has 2 saturated heterocycles. The van der Waals surface area contributed by atoms with Crippen molar-refractivity contribution in [3.63, 3.8) is 0 Å². The van der Waals surface area contributed by atoms with E-state index in [2.05, 4.69) is 26.1 Å². The van der Waals surface area contributed by atoms with Crippen LogP contribution < -0.4 is 5.32 Å². The lowest BCUT2D eigenvalue weighted by Crippen LogP contribution is -2.53. The van der Waals surface area contributed by atoms with Crippen LogP contribution in [0, 0.1) is 0 Å². The zero-order valence-corrected chi connectivity index (χ0v) is 17.7. The van der Waals surface area contributed by atoms with Crippen LogP contribution in [0.3, 0.4) is 0 Å². The van der Waals surface area contributed by atoms with Crippen molar-refractivity contribution < 1.29 is 28.5 Å². The van der Waals surface area contributed by atoms with E-state index in [-0.39, 0.29) is 36.4 Å². The first-order valence-electron chi connectivity index (χ1n) is 10.3. The van der Waals surface area contributed by atoms with Crippen molar-refractivity contribution in [1.82, 2.24) is 5.32 Å². The van der Waals surface area contributed by atoms with Crippen LogP contribution in [0.2, 0.25) is 0 Å². The van der Waals surface area contributed by atoms with Crippen molar-refractivity contribution in [2.45, 2.75) is 103 Å². The van der Waals surface area contributed by atoms with E-state index >= 15 is 0 Å². The molecule has 0 aromatic heterocycles. The second-order valence-corrected chi connectivity index (χ2v) is 7.96. The minimum Gasteiger partial charge on any atom is -0.458 e. The molecule has 0 aliphatic carbocycles. The number of carbonyl (C=O) groups excluding carboxylic acids is 1. The Labute approximate surface area is 163 Å².